The molecule has 0 aromatic heterocycles. The number of esters is 1. The van der Waals surface area contributed by atoms with Gasteiger partial charge >= 0.3 is 11.9 Å². The van der Waals surface area contributed by atoms with Crippen molar-refractivity contribution in [2.24, 2.45) is 0 Å². The Morgan fingerprint density at radius 1 is 0.676 bits per heavy atom. The number of carboxylic acids is 1. The molecule has 0 rings (SSSR count). The number of aliphatic hydroxyl groups excluding tert-OH is 2. The van der Waals surface area contributed by atoms with Crippen molar-refractivity contribution >= 4 is 23.8 Å². The van der Waals surface area contributed by atoms with E-state index in [1.165, 1.54) is 0 Å². The van der Waals surface area contributed by atoms with Gasteiger partial charge in [-0.2, -0.15) is 0 Å². The summed E-state index contributed by atoms with van der Waals surface area (Å²) in [4.78, 5) is 47.0. The van der Waals surface area contributed by atoms with Crippen LogP contribution in [0.3, 0.4) is 0 Å². The summed E-state index contributed by atoms with van der Waals surface area (Å²) < 4.78 is 5.29. The third-order valence-corrected chi connectivity index (χ3v) is 5.26. The number of carbonyl (C=O) groups excluding carboxylic acids is 3. The van der Waals surface area contributed by atoms with Crippen LogP contribution in [-0.4, -0.2) is 71.5 Å². The second-order valence-electron chi connectivity index (χ2n) is 8.41. The smallest absolute Gasteiger partial charge is 0.328 e. The Bertz CT molecular complexity index is 571. The molecule has 0 radical (unpaired) electrons. The number of amides is 2. The molecule has 0 heterocycles. The van der Waals surface area contributed by atoms with Crippen molar-refractivity contribution in [2.75, 3.05) is 26.4 Å². The van der Waals surface area contributed by atoms with E-state index in [0.717, 1.165) is 19.3 Å². The van der Waals surface area contributed by atoms with Crippen molar-refractivity contribution in [3.05, 3.63) is 0 Å². The van der Waals surface area contributed by atoms with Gasteiger partial charge in [-0.15, -0.1) is 0 Å². The molecule has 0 spiro atoms. The van der Waals surface area contributed by atoms with Gasteiger partial charge in [-0.1, -0.05) is 12.8 Å². The number of rotatable bonds is 23. The number of carboxylic acid groups (broad SMARTS) is 1. The summed E-state index contributed by atoms with van der Waals surface area (Å²) in [5.74, 6) is -1.63. The normalized spacial score (nSPS) is 11.6. The number of nitrogens with one attached hydrogen (secondary N) is 2. The van der Waals surface area contributed by atoms with Crippen LogP contribution in [0.2, 0.25) is 0 Å². The average Bonchev–Trinajstić information content (AvgIpc) is 2.80. The number of carbonyl (C=O) groups is 4. The van der Waals surface area contributed by atoms with E-state index in [2.05, 4.69) is 10.6 Å². The van der Waals surface area contributed by atoms with Gasteiger partial charge in [-0.25, -0.2) is 4.79 Å². The molecular weight excluding hydrogens is 444 g/mol. The molecule has 0 aromatic carbocycles. The molecule has 198 valence electrons. The van der Waals surface area contributed by atoms with Crippen molar-refractivity contribution in [3.63, 3.8) is 0 Å². The molecule has 2 amide bonds. The fraction of sp³-hybridized carbons (Fsp3) is 0.833. The van der Waals surface area contributed by atoms with Crippen molar-refractivity contribution in [1.29, 1.82) is 0 Å². The van der Waals surface area contributed by atoms with Gasteiger partial charge < -0.3 is 30.7 Å². The molecule has 10 heteroatoms. The highest BCUT2D eigenvalue weighted by Crippen LogP contribution is 2.07. The lowest BCUT2D eigenvalue weighted by molar-refractivity contribution is -0.148. The van der Waals surface area contributed by atoms with Gasteiger partial charge in [0.1, 0.15) is 6.04 Å². The van der Waals surface area contributed by atoms with Crippen molar-refractivity contribution in [1.82, 2.24) is 10.6 Å². The van der Waals surface area contributed by atoms with Crippen LogP contribution in [0.15, 0.2) is 0 Å². The summed E-state index contributed by atoms with van der Waals surface area (Å²) in [5.41, 5.74) is 0. The Morgan fingerprint density at radius 3 is 1.88 bits per heavy atom. The summed E-state index contributed by atoms with van der Waals surface area (Å²) in [7, 11) is 0. The molecule has 34 heavy (non-hydrogen) atoms. The van der Waals surface area contributed by atoms with Gasteiger partial charge in [0.25, 0.3) is 0 Å². The number of aliphatic hydroxyl groups is 2. The SMILES string of the molecule is O=C(O)CCCCCOC(=O)C(CCCCNC(=O)CCCCCO)NC(=O)CCCCCO. The predicted molar refractivity (Wildman–Crippen MR) is 127 cm³/mol. The van der Waals surface area contributed by atoms with E-state index < -0.39 is 18.0 Å². The fourth-order valence-corrected chi connectivity index (χ4v) is 3.28. The average molecular weight is 489 g/mol. The Morgan fingerprint density at radius 2 is 1.26 bits per heavy atom. The molecule has 0 aliphatic rings. The van der Waals surface area contributed by atoms with E-state index >= 15 is 0 Å². The summed E-state index contributed by atoms with van der Waals surface area (Å²) in [5, 5.41) is 31.8. The van der Waals surface area contributed by atoms with E-state index in [1.807, 2.05) is 0 Å². The van der Waals surface area contributed by atoms with Crippen molar-refractivity contribution in [3.8, 4) is 0 Å². The number of ether oxygens (including phenoxy) is 1. The van der Waals surface area contributed by atoms with Gasteiger partial charge in [0.05, 0.1) is 6.61 Å². The van der Waals surface area contributed by atoms with Crippen LogP contribution in [0.1, 0.15) is 96.3 Å². The maximum atomic E-state index is 12.5. The second-order valence-corrected chi connectivity index (χ2v) is 8.41. The molecule has 0 aliphatic carbocycles. The zero-order valence-electron chi connectivity index (χ0n) is 20.4. The minimum atomic E-state index is -0.850. The first-order valence-electron chi connectivity index (χ1n) is 12.6. The number of aliphatic carboxylic acids is 1. The standard InChI is InChI=1S/C24H44N2O8/c27-17-9-1-4-13-21(29)25-16-8-7-12-20(26-22(30)14-5-2-10-18-28)24(33)34-19-11-3-6-15-23(31)32/h20,27-28H,1-19H2,(H,25,29)(H,26,30)(H,31,32). The van der Waals surface area contributed by atoms with Gasteiger partial charge in [0.2, 0.25) is 11.8 Å². The van der Waals surface area contributed by atoms with Crippen LogP contribution in [-0.2, 0) is 23.9 Å². The van der Waals surface area contributed by atoms with E-state index in [4.69, 9.17) is 20.1 Å². The van der Waals surface area contributed by atoms with Crippen LogP contribution in [0.4, 0.5) is 0 Å². The van der Waals surface area contributed by atoms with Crippen molar-refractivity contribution < 1.29 is 39.2 Å². The maximum Gasteiger partial charge on any atom is 0.328 e. The molecule has 1 unspecified atom stereocenters. The highest BCUT2D eigenvalue weighted by molar-refractivity contribution is 5.84. The molecule has 10 nitrogen and oxygen atoms in total. The zero-order chi connectivity index (χ0) is 25.4. The lowest BCUT2D eigenvalue weighted by atomic mass is 10.1. The maximum absolute atomic E-state index is 12.5. The van der Waals surface area contributed by atoms with Crippen LogP contribution < -0.4 is 10.6 Å². The summed E-state index contributed by atoms with van der Waals surface area (Å²) in [6.45, 7) is 0.879. The quantitative estimate of drug-likeness (QED) is 0.108. The molecule has 5 N–H and O–H groups in total. The third-order valence-electron chi connectivity index (χ3n) is 5.26. The number of hydrogen-bond acceptors (Lipinski definition) is 7. The number of unbranched alkanes of at least 4 members (excludes halogenated alkanes) is 7. The first-order chi connectivity index (χ1) is 16.4. The summed E-state index contributed by atoms with van der Waals surface area (Å²) >= 11 is 0. The highest BCUT2D eigenvalue weighted by atomic mass is 16.5. The largest absolute Gasteiger partial charge is 0.481 e. The first-order valence-corrected chi connectivity index (χ1v) is 12.6. The fourth-order valence-electron chi connectivity index (χ4n) is 3.28. The molecular formula is C24H44N2O8. The molecule has 0 aromatic rings. The first kappa shape index (κ1) is 31.8. The second kappa shape index (κ2) is 22.6. The van der Waals surface area contributed by atoms with E-state index in [0.29, 0.717) is 70.8 Å². The Hall–Kier alpha value is -2.20. The van der Waals surface area contributed by atoms with E-state index in [9.17, 15) is 19.2 Å². The Labute approximate surface area is 202 Å². The van der Waals surface area contributed by atoms with Gasteiger partial charge in [0, 0.05) is 39.0 Å². The van der Waals surface area contributed by atoms with Gasteiger partial charge in [-0.3, -0.25) is 14.4 Å². The van der Waals surface area contributed by atoms with Gasteiger partial charge in [0.15, 0.2) is 0 Å². The van der Waals surface area contributed by atoms with E-state index in [-0.39, 0.29) is 44.5 Å². The van der Waals surface area contributed by atoms with Crippen molar-refractivity contribution in [2.45, 2.75) is 102 Å². The van der Waals surface area contributed by atoms with Crippen LogP contribution >= 0.6 is 0 Å². The number of hydrogen-bond donors (Lipinski definition) is 5. The molecule has 0 fully saturated rings. The highest BCUT2D eigenvalue weighted by Gasteiger charge is 2.21. The Balaban J connectivity index is 4.33. The molecule has 0 saturated heterocycles. The summed E-state index contributed by atoms with van der Waals surface area (Å²) in [6, 6.07) is -0.765. The molecule has 1 atom stereocenters. The Kier molecular flexibility index (Phi) is 21.1. The molecule has 0 saturated carbocycles. The van der Waals surface area contributed by atoms with Crippen LogP contribution in [0.5, 0.6) is 0 Å². The molecule has 0 bridgehead atoms. The summed E-state index contributed by atoms with van der Waals surface area (Å²) in [6.07, 6.45) is 8.41. The van der Waals surface area contributed by atoms with Crippen LogP contribution in [0.25, 0.3) is 0 Å². The minimum absolute atomic E-state index is 0.0343. The topological polar surface area (TPSA) is 162 Å². The molecule has 0 aliphatic heterocycles. The lowest BCUT2D eigenvalue weighted by Gasteiger charge is -2.18. The van der Waals surface area contributed by atoms with Gasteiger partial charge in [-0.05, 0) is 64.2 Å². The van der Waals surface area contributed by atoms with Crippen LogP contribution in [0, 0.1) is 0 Å². The van der Waals surface area contributed by atoms with E-state index in [1.54, 1.807) is 0 Å². The third kappa shape index (κ3) is 20.4. The zero-order valence-corrected chi connectivity index (χ0v) is 20.4. The monoisotopic (exact) mass is 488 g/mol. The predicted octanol–water partition coefficient (Wildman–Crippen LogP) is 2.05. The minimum Gasteiger partial charge on any atom is -0.481 e. The lowest BCUT2D eigenvalue weighted by Crippen LogP contribution is -2.42.